The van der Waals surface area contributed by atoms with E-state index < -0.39 is 10.0 Å². The van der Waals surface area contributed by atoms with Crippen LogP contribution in [0.1, 0.15) is 18.4 Å². The molecule has 5 heteroatoms. The zero-order chi connectivity index (χ0) is 11.8. The topological polar surface area (TPSA) is 37.4 Å². The summed E-state index contributed by atoms with van der Waals surface area (Å²) in [5, 5.41) is 0. The monoisotopic (exact) mass is 259 g/mol. The van der Waals surface area contributed by atoms with Crippen molar-refractivity contribution >= 4 is 21.6 Å². The van der Waals surface area contributed by atoms with Crippen LogP contribution in [0.5, 0.6) is 0 Å². The first kappa shape index (κ1) is 11.9. The number of sulfonamides is 1. The molecule has 88 valence electrons. The predicted molar refractivity (Wildman–Crippen MR) is 64.0 cm³/mol. The van der Waals surface area contributed by atoms with E-state index in [1.54, 1.807) is 25.2 Å². The first-order valence-electron chi connectivity index (χ1n) is 5.18. The first-order valence-corrected chi connectivity index (χ1v) is 7.16. The van der Waals surface area contributed by atoms with Gasteiger partial charge in [-0.3, -0.25) is 0 Å². The number of benzene rings is 1. The van der Waals surface area contributed by atoms with Crippen LogP contribution < -0.4 is 0 Å². The Hall–Kier alpha value is -0.580. The number of hydrogen-bond donors (Lipinski definition) is 0. The summed E-state index contributed by atoms with van der Waals surface area (Å²) in [6, 6.07) is 6.99. The lowest BCUT2D eigenvalue weighted by Crippen LogP contribution is -2.28. The number of rotatable bonds is 4. The molecule has 0 aromatic heterocycles. The van der Waals surface area contributed by atoms with Gasteiger partial charge in [0, 0.05) is 19.0 Å². The minimum absolute atomic E-state index is 0.185. The molecule has 3 nitrogen and oxygen atoms in total. The highest BCUT2D eigenvalue weighted by atomic mass is 35.5. The highest BCUT2D eigenvalue weighted by Gasteiger charge is 2.34. The SMILES string of the molecule is CN(C1CC1)S(=O)(=O)c1cccc(CCl)c1. The largest absolute Gasteiger partial charge is 0.243 e. The second-order valence-corrected chi connectivity index (χ2v) is 6.30. The lowest BCUT2D eigenvalue weighted by Gasteiger charge is -2.16. The Morgan fingerprint density at radius 2 is 2.12 bits per heavy atom. The van der Waals surface area contributed by atoms with Gasteiger partial charge in [-0.05, 0) is 30.5 Å². The number of hydrogen-bond acceptors (Lipinski definition) is 2. The zero-order valence-electron chi connectivity index (χ0n) is 9.06. The molecule has 1 aliphatic carbocycles. The number of nitrogens with zero attached hydrogens (tertiary/aromatic N) is 1. The standard InChI is InChI=1S/C11H14ClNO2S/c1-13(10-5-6-10)16(14,15)11-4-2-3-9(7-11)8-12/h2-4,7,10H,5-6,8H2,1H3. The van der Waals surface area contributed by atoms with Gasteiger partial charge < -0.3 is 0 Å². The van der Waals surface area contributed by atoms with Crippen molar-refractivity contribution in [3.63, 3.8) is 0 Å². The maximum absolute atomic E-state index is 12.2. The third kappa shape index (κ3) is 2.24. The summed E-state index contributed by atoms with van der Waals surface area (Å²) in [5.74, 6) is 0.330. The summed E-state index contributed by atoms with van der Waals surface area (Å²) >= 11 is 5.70. The molecule has 0 radical (unpaired) electrons. The minimum Gasteiger partial charge on any atom is -0.207 e. The molecule has 2 rings (SSSR count). The molecule has 1 aromatic rings. The molecule has 0 aliphatic heterocycles. The molecule has 1 fully saturated rings. The van der Waals surface area contributed by atoms with E-state index in [9.17, 15) is 8.42 Å². The fourth-order valence-corrected chi connectivity index (χ4v) is 3.24. The van der Waals surface area contributed by atoms with Gasteiger partial charge in [0.15, 0.2) is 0 Å². The van der Waals surface area contributed by atoms with Crippen molar-refractivity contribution < 1.29 is 8.42 Å². The van der Waals surface area contributed by atoms with E-state index in [0.717, 1.165) is 18.4 Å². The van der Waals surface area contributed by atoms with Crippen molar-refractivity contribution in [2.75, 3.05) is 7.05 Å². The van der Waals surface area contributed by atoms with Crippen LogP contribution in [-0.4, -0.2) is 25.8 Å². The van der Waals surface area contributed by atoms with Crippen molar-refractivity contribution in [3.8, 4) is 0 Å². The molecule has 0 bridgehead atoms. The molecule has 1 aliphatic rings. The lowest BCUT2D eigenvalue weighted by atomic mass is 10.2. The Morgan fingerprint density at radius 3 is 2.69 bits per heavy atom. The van der Waals surface area contributed by atoms with Gasteiger partial charge in [-0.2, -0.15) is 4.31 Å². The molecular weight excluding hydrogens is 246 g/mol. The van der Waals surface area contributed by atoms with Gasteiger partial charge >= 0.3 is 0 Å². The van der Waals surface area contributed by atoms with Crippen molar-refractivity contribution in [2.24, 2.45) is 0 Å². The molecule has 1 aromatic carbocycles. The first-order chi connectivity index (χ1) is 7.55. The van der Waals surface area contributed by atoms with Crippen LogP contribution in [0.15, 0.2) is 29.2 Å². The molecule has 0 atom stereocenters. The van der Waals surface area contributed by atoms with Crippen molar-refractivity contribution in [2.45, 2.75) is 29.7 Å². The smallest absolute Gasteiger partial charge is 0.207 e. The highest BCUT2D eigenvalue weighted by molar-refractivity contribution is 7.89. The fraction of sp³-hybridized carbons (Fsp3) is 0.455. The summed E-state index contributed by atoms with van der Waals surface area (Å²) in [7, 11) is -1.69. The summed E-state index contributed by atoms with van der Waals surface area (Å²) < 4.78 is 25.8. The van der Waals surface area contributed by atoms with Crippen LogP contribution in [0.2, 0.25) is 0 Å². The van der Waals surface area contributed by atoms with Gasteiger partial charge in [-0.25, -0.2) is 8.42 Å². The van der Waals surface area contributed by atoms with Crippen LogP contribution >= 0.6 is 11.6 Å². The van der Waals surface area contributed by atoms with Crippen molar-refractivity contribution in [1.29, 1.82) is 0 Å². The average Bonchev–Trinajstić information content (AvgIpc) is 3.12. The minimum atomic E-state index is -3.33. The molecule has 1 saturated carbocycles. The molecule has 0 N–H and O–H groups in total. The van der Waals surface area contributed by atoms with Gasteiger partial charge in [0.1, 0.15) is 0 Å². The van der Waals surface area contributed by atoms with E-state index in [1.807, 2.05) is 6.07 Å². The molecule has 0 amide bonds. The Kier molecular flexibility index (Phi) is 3.24. The Morgan fingerprint density at radius 1 is 1.44 bits per heavy atom. The summed E-state index contributed by atoms with van der Waals surface area (Å²) in [6.07, 6.45) is 1.93. The lowest BCUT2D eigenvalue weighted by molar-refractivity contribution is 0.464. The van der Waals surface area contributed by atoms with Crippen molar-refractivity contribution in [1.82, 2.24) is 4.31 Å². The zero-order valence-corrected chi connectivity index (χ0v) is 10.6. The van der Waals surface area contributed by atoms with Gasteiger partial charge in [0.25, 0.3) is 0 Å². The third-order valence-electron chi connectivity index (χ3n) is 2.79. The summed E-state index contributed by atoms with van der Waals surface area (Å²) in [6.45, 7) is 0. The normalized spacial score (nSPS) is 16.7. The van der Waals surface area contributed by atoms with Crippen LogP contribution in [0, 0.1) is 0 Å². The second-order valence-electron chi connectivity index (χ2n) is 4.03. The molecule has 0 saturated heterocycles. The number of halogens is 1. The molecule has 0 heterocycles. The summed E-state index contributed by atoms with van der Waals surface area (Å²) in [5.41, 5.74) is 0.826. The number of alkyl halides is 1. The van der Waals surface area contributed by atoms with Crippen LogP contribution in [0.3, 0.4) is 0 Å². The summed E-state index contributed by atoms with van der Waals surface area (Å²) in [4.78, 5) is 0.333. The fourth-order valence-electron chi connectivity index (χ4n) is 1.59. The van der Waals surface area contributed by atoms with E-state index >= 15 is 0 Å². The van der Waals surface area contributed by atoms with E-state index in [0.29, 0.717) is 10.8 Å². The second kappa shape index (κ2) is 4.35. The van der Waals surface area contributed by atoms with Crippen LogP contribution in [-0.2, 0) is 15.9 Å². The van der Waals surface area contributed by atoms with Crippen molar-refractivity contribution in [3.05, 3.63) is 29.8 Å². The van der Waals surface area contributed by atoms with Gasteiger partial charge in [-0.1, -0.05) is 12.1 Å². The van der Waals surface area contributed by atoms with E-state index in [4.69, 9.17) is 11.6 Å². The average molecular weight is 260 g/mol. The van der Waals surface area contributed by atoms with Gasteiger partial charge in [0.05, 0.1) is 4.90 Å². The van der Waals surface area contributed by atoms with E-state index in [-0.39, 0.29) is 6.04 Å². The van der Waals surface area contributed by atoms with Gasteiger partial charge in [0.2, 0.25) is 10.0 Å². The van der Waals surface area contributed by atoms with Crippen LogP contribution in [0.4, 0.5) is 0 Å². The highest BCUT2D eigenvalue weighted by Crippen LogP contribution is 2.30. The quantitative estimate of drug-likeness (QED) is 0.778. The molecular formula is C11H14ClNO2S. The van der Waals surface area contributed by atoms with E-state index in [2.05, 4.69) is 0 Å². The maximum atomic E-state index is 12.2. The van der Waals surface area contributed by atoms with Crippen LogP contribution in [0.25, 0.3) is 0 Å². The van der Waals surface area contributed by atoms with E-state index in [1.165, 1.54) is 4.31 Å². The third-order valence-corrected chi connectivity index (χ3v) is 5.01. The Balaban J connectivity index is 2.34. The Bertz CT molecular complexity index is 483. The molecule has 16 heavy (non-hydrogen) atoms. The molecule has 0 spiro atoms. The van der Waals surface area contributed by atoms with Gasteiger partial charge in [-0.15, -0.1) is 11.6 Å². The predicted octanol–water partition coefficient (Wildman–Crippen LogP) is 2.21. The molecule has 0 unspecified atom stereocenters. The Labute approximate surface area is 101 Å². The maximum Gasteiger partial charge on any atom is 0.243 e.